The van der Waals surface area contributed by atoms with Gasteiger partial charge in [0.2, 0.25) is 0 Å². The van der Waals surface area contributed by atoms with Crippen LogP contribution in [-0.2, 0) is 19.9 Å². The van der Waals surface area contributed by atoms with Crippen LogP contribution in [0.4, 0.5) is 0 Å². The van der Waals surface area contributed by atoms with Gasteiger partial charge in [0.1, 0.15) is 0 Å². The molecule has 9 heteroatoms. The molecule has 2 aliphatic rings. The highest BCUT2D eigenvalue weighted by atomic mass is 16.6. The van der Waals surface area contributed by atoms with Gasteiger partial charge in [-0.25, -0.2) is 19.0 Å². The van der Waals surface area contributed by atoms with Crippen LogP contribution in [0.2, 0.25) is 0 Å². The molecule has 3 rings (SSSR count). The Morgan fingerprint density at radius 3 is 1.95 bits per heavy atom. The molecule has 0 amide bonds. The number of ether oxygens (including phenoxy) is 3. The highest BCUT2D eigenvalue weighted by Crippen LogP contribution is 2.35. The van der Waals surface area contributed by atoms with E-state index >= 15 is 0 Å². The van der Waals surface area contributed by atoms with E-state index in [9.17, 15) is 14.4 Å². The van der Waals surface area contributed by atoms with Gasteiger partial charge in [0.15, 0.2) is 5.72 Å². The Morgan fingerprint density at radius 1 is 1.15 bits per heavy atom. The Hall–Kier alpha value is -1.71. The van der Waals surface area contributed by atoms with Crippen molar-refractivity contribution in [1.82, 2.24) is 14.5 Å². The third-order valence-corrected chi connectivity index (χ3v) is 3.53. The molecule has 0 bridgehead atoms. The second kappa shape index (κ2) is 4.69. The maximum Gasteiger partial charge on any atom is 0.336 e. The van der Waals surface area contributed by atoms with Crippen molar-refractivity contribution in [2.75, 3.05) is 20.3 Å². The largest absolute Gasteiger partial charge is 0.373 e. The molecule has 2 saturated heterocycles. The molecule has 1 aromatic rings. The Labute approximate surface area is 112 Å². The number of epoxide rings is 2. The van der Waals surface area contributed by atoms with Crippen LogP contribution in [0.1, 0.15) is 12.8 Å². The van der Waals surface area contributed by atoms with E-state index < -0.39 is 22.8 Å². The van der Waals surface area contributed by atoms with Gasteiger partial charge in [0.25, 0.3) is 0 Å². The average molecular weight is 285 g/mol. The fraction of sp³-hybridized carbons (Fsp3) is 0.727. The first-order chi connectivity index (χ1) is 9.54. The van der Waals surface area contributed by atoms with Crippen LogP contribution >= 0.6 is 0 Å². The lowest BCUT2D eigenvalue weighted by Gasteiger charge is -2.32. The van der Waals surface area contributed by atoms with Gasteiger partial charge in [-0.2, -0.15) is 0 Å². The summed E-state index contributed by atoms with van der Waals surface area (Å²) in [6.45, 7) is 1.12. The maximum atomic E-state index is 12.0. The van der Waals surface area contributed by atoms with Crippen molar-refractivity contribution in [2.45, 2.75) is 30.8 Å². The summed E-state index contributed by atoms with van der Waals surface area (Å²) in [6, 6.07) is 0. The average Bonchev–Trinajstić information content (AvgIpc) is 3.24. The molecule has 2 unspecified atom stereocenters. The zero-order chi connectivity index (χ0) is 14.3. The predicted molar refractivity (Wildman–Crippen MR) is 65.6 cm³/mol. The van der Waals surface area contributed by atoms with Crippen LogP contribution in [0.15, 0.2) is 14.4 Å². The number of aromatic amines is 2. The predicted octanol–water partition coefficient (Wildman–Crippen LogP) is -1.90. The number of aromatic nitrogens is 3. The first kappa shape index (κ1) is 13.3. The van der Waals surface area contributed by atoms with Crippen molar-refractivity contribution in [2.24, 2.45) is 0 Å². The summed E-state index contributed by atoms with van der Waals surface area (Å²) in [6.07, 6.45) is 0.565. The zero-order valence-corrected chi connectivity index (χ0v) is 10.9. The Morgan fingerprint density at radius 2 is 1.60 bits per heavy atom. The van der Waals surface area contributed by atoms with E-state index in [4.69, 9.17) is 14.2 Å². The monoisotopic (exact) mass is 285 g/mol. The minimum absolute atomic E-state index is 0.0630. The summed E-state index contributed by atoms with van der Waals surface area (Å²) < 4.78 is 16.7. The van der Waals surface area contributed by atoms with E-state index in [0.717, 1.165) is 4.57 Å². The van der Waals surface area contributed by atoms with Crippen LogP contribution in [0, 0.1) is 0 Å². The van der Waals surface area contributed by atoms with E-state index in [1.807, 2.05) is 9.97 Å². The number of rotatable bonds is 6. The molecule has 20 heavy (non-hydrogen) atoms. The van der Waals surface area contributed by atoms with Gasteiger partial charge in [-0.1, -0.05) is 0 Å². The number of nitrogens with zero attached hydrogens (tertiary/aromatic N) is 1. The summed E-state index contributed by atoms with van der Waals surface area (Å²) in [5, 5.41) is 0. The van der Waals surface area contributed by atoms with Crippen LogP contribution < -0.4 is 17.1 Å². The second-order valence-electron chi connectivity index (χ2n) is 4.99. The zero-order valence-electron chi connectivity index (χ0n) is 10.9. The maximum absolute atomic E-state index is 12.0. The minimum atomic E-state index is -1.18. The van der Waals surface area contributed by atoms with E-state index in [1.165, 1.54) is 7.11 Å². The van der Waals surface area contributed by atoms with Crippen molar-refractivity contribution < 1.29 is 14.2 Å². The van der Waals surface area contributed by atoms with Gasteiger partial charge in [-0.3, -0.25) is 9.97 Å². The summed E-state index contributed by atoms with van der Waals surface area (Å²) in [5.74, 6) is 0. The summed E-state index contributed by atoms with van der Waals surface area (Å²) in [5.41, 5.74) is -3.63. The number of H-pyrrole nitrogens is 2. The van der Waals surface area contributed by atoms with Gasteiger partial charge in [-0.05, 0) is 0 Å². The van der Waals surface area contributed by atoms with Gasteiger partial charge >= 0.3 is 17.1 Å². The number of hydrogen-bond donors (Lipinski definition) is 2. The summed E-state index contributed by atoms with van der Waals surface area (Å²) >= 11 is 0. The highest BCUT2D eigenvalue weighted by Gasteiger charge is 2.46. The third-order valence-electron chi connectivity index (χ3n) is 3.53. The Bertz CT molecular complexity index is 617. The lowest BCUT2D eigenvalue weighted by molar-refractivity contribution is -0.106. The number of methoxy groups -OCH3 is 1. The Kier molecular flexibility index (Phi) is 3.11. The molecular weight excluding hydrogens is 270 g/mol. The van der Waals surface area contributed by atoms with Crippen molar-refractivity contribution in [3.05, 3.63) is 31.5 Å². The van der Waals surface area contributed by atoms with Crippen LogP contribution in [-0.4, -0.2) is 47.1 Å². The minimum Gasteiger partial charge on any atom is -0.373 e. The topological polar surface area (TPSA) is 122 Å². The molecular formula is C11H15N3O6. The van der Waals surface area contributed by atoms with Crippen LogP contribution in [0.25, 0.3) is 0 Å². The third kappa shape index (κ3) is 2.47. The van der Waals surface area contributed by atoms with Crippen LogP contribution in [0.5, 0.6) is 0 Å². The molecule has 2 fully saturated rings. The van der Waals surface area contributed by atoms with E-state index in [0.29, 0.717) is 26.1 Å². The fourth-order valence-electron chi connectivity index (χ4n) is 2.41. The molecule has 2 aliphatic heterocycles. The molecule has 2 atom stereocenters. The summed E-state index contributed by atoms with van der Waals surface area (Å²) in [4.78, 5) is 39.2. The molecule has 0 aromatic carbocycles. The molecule has 0 saturated carbocycles. The normalized spacial score (nSPS) is 27.1. The quantitative estimate of drug-likeness (QED) is 0.589. The molecule has 9 nitrogen and oxygen atoms in total. The lowest BCUT2D eigenvalue weighted by Crippen LogP contribution is -2.55. The van der Waals surface area contributed by atoms with Gasteiger partial charge in [-0.15, -0.1) is 0 Å². The molecule has 0 radical (unpaired) electrons. The van der Waals surface area contributed by atoms with Gasteiger partial charge < -0.3 is 14.2 Å². The fourth-order valence-corrected chi connectivity index (χ4v) is 2.41. The molecule has 3 heterocycles. The van der Waals surface area contributed by atoms with Crippen molar-refractivity contribution in [3.8, 4) is 0 Å². The highest BCUT2D eigenvalue weighted by molar-refractivity contribution is 4.92. The lowest BCUT2D eigenvalue weighted by atomic mass is 10.0. The molecule has 1 aromatic heterocycles. The Balaban J connectivity index is 2.09. The molecule has 110 valence electrons. The SMILES string of the molecule is COC(CC1CO1)(CC1CO1)n1c(=O)[nH]c(=O)[nH]c1=O. The standard InChI is InChI=1S/C11H15N3O6/c1-18-11(2-6-4-19-6,3-7-5-20-7)14-9(16)12-8(15)13-10(14)17/h6-7H,2-5H2,1H3,(H2,12,13,15,16,17). The first-order valence-electron chi connectivity index (χ1n) is 6.28. The molecule has 0 spiro atoms. The van der Waals surface area contributed by atoms with E-state index in [-0.39, 0.29) is 12.2 Å². The smallest absolute Gasteiger partial charge is 0.336 e. The van der Waals surface area contributed by atoms with Crippen molar-refractivity contribution >= 4 is 0 Å². The second-order valence-corrected chi connectivity index (χ2v) is 4.99. The first-order valence-corrected chi connectivity index (χ1v) is 6.28. The van der Waals surface area contributed by atoms with E-state index in [1.54, 1.807) is 0 Å². The van der Waals surface area contributed by atoms with Gasteiger partial charge in [0, 0.05) is 20.0 Å². The van der Waals surface area contributed by atoms with Crippen molar-refractivity contribution in [1.29, 1.82) is 0 Å². The van der Waals surface area contributed by atoms with Crippen LogP contribution in [0.3, 0.4) is 0 Å². The van der Waals surface area contributed by atoms with E-state index in [2.05, 4.69) is 0 Å². The van der Waals surface area contributed by atoms with Crippen molar-refractivity contribution in [3.63, 3.8) is 0 Å². The number of nitrogens with one attached hydrogen (secondary N) is 2. The molecule has 0 aliphatic carbocycles. The van der Waals surface area contributed by atoms with Gasteiger partial charge in [0.05, 0.1) is 25.4 Å². The number of hydrogen-bond acceptors (Lipinski definition) is 6. The molecule has 2 N–H and O–H groups in total. The summed E-state index contributed by atoms with van der Waals surface area (Å²) in [7, 11) is 1.42.